The van der Waals surface area contributed by atoms with Crippen LogP contribution in [-0.4, -0.2) is 91.7 Å². The molecule has 6 heterocycles. The number of ketones is 3. The van der Waals surface area contributed by atoms with Crippen molar-refractivity contribution in [3.05, 3.63) is 124 Å². The van der Waals surface area contributed by atoms with E-state index in [9.17, 15) is 14.4 Å². The molecule has 61 heavy (non-hydrogen) atoms. The summed E-state index contributed by atoms with van der Waals surface area (Å²) in [5.41, 5.74) is 7.42. The minimum absolute atomic E-state index is 0.0786. The number of hydrogen-bond donors (Lipinski definition) is 0. The van der Waals surface area contributed by atoms with Crippen molar-refractivity contribution in [2.24, 2.45) is 0 Å². The van der Waals surface area contributed by atoms with Crippen molar-refractivity contribution in [1.82, 2.24) is 74.4 Å². The molecule has 0 aliphatic heterocycles. The van der Waals surface area contributed by atoms with Crippen LogP contribution in [-0.2, 0) is 19.3 Å². The number of aryl methyl sites for hydroxylation is 3. The predicted molar refractivity (Wildman–Crippen MR) is 219 cm³/mol. The Morgan fingerprint density at radius 3 is 1.13 bits per heavy atom. The fourth-order valence-electron chi connectivity index (χ4n) is 7.64. The third kappa shape index (κ3) is 6.13. The Hall–Kier alpha value is -7.89. The molecule has 0 spiro atoms. The van der Waals surface area contributed by atoms with Crippen LogP contribution in [0.5, 0.6) is 0 Å². The van der Waals surface area contributed by atoms with Crippen molar-refractivity contribution in [2.45, 2.75) is 65.7 Å². The average Bonchev–Trinajstić information content (AvgIpc) is 4.15. The zero-order valence-electron chi connectivity index (χ0n) is 33.3. The zero-order valence-corrected chi connectivity index (χ0v) is 33.3. The van der Waals surface area contributed by atoms with Gasteiger partial charge in [0.25, 0.3) is 17.3 Å². The summed E-state index contributed by atoms with van der Waals surface area (Å²) in [6.45, 7) is 6.25. The summed E-state index contributed by atoms with van der Waals surface area (Å²) >= 11 is 0. The van der Waals surface area contributed by atoms with E-state index in [1.54, 1.807) is 31.7 Å². The SMILES string of the molecule is CCCCc1nnc2nc3c(nn12)C(=O)c1ccccc1-3.CCCc1nnc2nc3c(nn12)-c1ccccc1C3=O.CCCc1nnc2nc3c(nn12)C(=O)c1ccccc1-3. The van der Waals surface area contributed by atoms with Gasteiger partial charge < -0.3 is 0 Å². The number of fused-ring (bicyclic) bond motifs is 12. The van der Waals surface area contributed by atoms with Gasteiger partial charge in [0.1, 0.15) is 22.8 Å². The molecule has 3 aliphatic rings. The number of benzene rings is 3. The summed E-state index contributed by atoms with van der Waals surface area (Å²) in [4.78, 5) is 50.4. The van der Waals surface area contributed by atoms with Gasteiger partial charge in [-0.2, -0.15) is 28.8 Å². The van der Waals surface area contributed by atoms with Crippen LogP contribution in [0.2, 0.25) is 0 Å². The van der Waals surface area contributed by atoms with Crippen LogP contribution in [0.3, 0.4) is 0 Å². The van der Waals surface area contributed by atoms with Crippen molar-refractivity contribution in [3.63, 3.8) is 0 Å². The van der Waals surface area contributed by atoms with E-state index in [1.807, 2.05) is 54.6 Å². The maximum Gasteiger partial charge on any atom is 0.272 e. The summed E-state index contributed by atoms with van der Waals surface area (Å²) in [5.74, 6) is 3.29. The molecule has 18 nitrogen and oxygen atoms in total. The first-order valence-corrected chi connectivity index (χ1v) is 20.2. The van der Waals surface area contributed by atoms with Crippen LogP contribution >= 0.6 is 0 Å². The van der Waals surface area contributed by atoms with E-state index in [-0.39, 0.29) is 17.3 Å². The highest BCUT2D eigenvalue weighted by molar-refractivity contribution is 6.21. The molecule has 0 atom stereocenters. The smallest absolute Gasteiger partial charge is 0.272 e. The van der Waals surface area contributed by atoms with Crippen LogP contribution < -0.4 is 0 Å². The monoisotopic (exact) mass is 809 g/mol. The third-order valence-corrected chi connectivity index (χ3v) is 10.6. The van der Waals surface area contributed by atoms with Crippen molar-refractivity contribution in [1.29, 1.82) is 0 Å². The van der Waals surface area contributed by atoms with Crippen LogP contribution in [0.25, 0.3) is 51.1 Å². The Morgan fingerprint density at radius 1 is 0.377 bits per heavy atom. The van der Waals surface area contributed by atoms with Gasteiger partial charge in [-0.05, 0) is 19.3 Å². The maximum atomic E-state index is 12.4. The molecule has 9 aromatic rings. The minimum atomic E-state index is -0.0920. The van der Waals surface area contributed by atoms with Gasteiger partial charge in [-0.15, -0.1) is 30.6 Å². The van der Waals surface area contributed by atoms with Crippen molar-refractivity contribution in [3.8, 4) is 33.8 Å². The Kier molecular flexibility index (Phi) is 9.22. The van der Waals surface area contributed by atoms with E-state index >= 15 is 0 Å². The van der Waals surface area contributed by atoms with E-state index in [1.165, 1.54) is 0 Å². The van der Waals surface area contributed by atoms with Gasteiger partial charge in [-0.25, -0.2) is 15.0 Å². The van der Waals surface area contributed by atoms with Crippen molar-refractivity contribution in [2.75, 3.05) is 0 Å². The molecule has 0 amide bonds. The Balaban J connectivity index is 0.000000110. The molecule has 6 aromatic heterocycles. The molecule has 0 radical (unpaired) electrons. The lowest BCUT2D eigenvalue weighted by Gasteiger charge is -2.00. The Bertz CT molecular complexity index is 3260. The van der Waals surface area contributed by atoms with E-state index in [0.29, 0.717) is 68.2 Å². The molecule has 0 fully saturated rings. The van der Waals surface area contributed by atoms with Crippen LogP contribution in [0.4, 0.5) is 0 Å². The average molecular weight is 810 g/mol. The number of rotatable bonds is 7. The molecule has 300 valence electrons. The summed E-state index contributed by atoms with van der Waals surface area (Å²) in [6, 6.07) is 22.3. The number of hydrogen-bond acceptors (Lipinski definition) is 15. The molecule has 0 bridgehead atoms. The Morgan fingerprint density at radius 2 is 0.721 bits per heavy atom. The fourth-order valence-corrected chi connectivity index (χ4v) is 7.64. The topological polar surface area (TPSA) is 219 Å². The minimum Gasteiger partial charge on any atom is -0.287 e. The first-order chi connectivity index (χ1) is 29.9. The lowest BCUT2D eigenvalue weighted by Crippen LogP contribution is -2.07. The second kappa shape index (κ2) is 15.0. The number of nitrogens with zero attached hydrogens (tertiary/aromatic N) is 15. The first kappa shape index (κ1) is 37.4. The molecule has 0 saturated carbocycles. The summed E-state index contributed by atoms with van der Waals surface area (Å²) in [6.07, 6.45) is 6.29. The summed E-state index contributed by atoms with van der Waals surface area (Å²) in [5, 5.41) is 37.8. The molecular formula is C43H35N15O3. The van der Waals surface area contributed by atoms with E-state index in [0.717, 1.165) is 79.1 Å². The molecule has 0 unspecified atom stereocenters. The third-order valence-electron chi connectivity index (χ3n) is 10.6. The molecule has 12 rings (SSSR count). The molecule has 3 aliphatic carbocycles. The lowest BCUT2D eigenvalue weighted by molar-refractivity contribution is 0.103. The standard InChI is InChI=1S/C15H13N5O.2C14H11N5O/c1-2-3-8-11-17-18-15-16-12-9-6-4-5-7-10(9)14(21)13(12)19-20(11)15;1-2-5-10-16-17-14-15-12-11(18-19(10)14)8-6-3-4-7-9(8)13(12)20;1-2-5-10-16-17-14-15-11-8-6-3-4-7-9(8)13(20)12(11)18-19(10)14/h4-7H,2-3,8H2,1H3;2*3-4,6-7H,2,5H2,1H3. The quantitative estimate of drug-likeness (QED) is 0.196. The highest BCUT2D eigenvalue weighted by Crippen LogP contribution is 2.36. The number of unbranched alkanes of at least 4 members (excludes halogenated alkanes) is 1. The van der Waals surface area contributed by atoms with E-state index in [2.05, 4.69) is 81.6 Å². The second-order valence-electron chi connectivity index (χ2n) is 14.6. The molecular weight excluding hydrogens is 775 g/mol. The molecule has 0 N–H and O–H groups in total. The lowest BCUT2D eigenvalue weighted by atomic mass is 10.1. The van der Waals surface area contributed by atoms with Crippen LogP contribution in [0.1, 0.15) is 112 Å². The largest absolute Gasteiger partial charge is 0.287 e. The van der Waals surface area contributed by atoms with E-state index in [4.69, 9.17) is 0 Å². The fraction of sp³-hybridized carbons (Fsp3) is 0.233. The van der Waals surface area contributed by atoms with Crippen LogP contribution in [0, 0.1) is 0 Å². The maximum absolute atomic E-state index is 12.4. The molecule has 3 aromatic carbocycles. The molecule has 0 saturated heterocycles. The van der Waals surface area contributed by atoms with Gasteiger partial charge in [0.2, 0.25) is 17.3 Å². The highest BCUT2D eigenvalue weighted by atomic mass is 16.1. The van der Waals surface area contributed by atoms with Gasteiger partial charge >= 0.3 is 0 Å². The second-order valence-corrected chi connectivity index (χ2v) is 14.6. The number of aromatic nitrogens is 15. The Labute approximate surface area is 346 Å². The highest BCUT2D eigenvalue weighted by Gasteiger charge is 2.33. The van der Waals surface area contributed by atoms with Crippen molar-refractivity contribution >= 4 is 34.7 Å². The van der Waals surface area contributed by atoms with Gasteiger partial charge in [-0.1, -0.05) is 100.0 Å². The van der Waals surface area contributed by atoms with Gasteiger partial charge in [0.15, 0.2) is 28.9 Å². The van der Waals surface area contributed by atoms with Gasteiger partial charge in [0.05, 0.1) is 0 Å². The molecule has 18 heteroatoms. The van der Waals surface area contributed by atoms with Crippen LogP contribution in [0.15, 0.2) is 72.8 Å². The summed E-state index contributed by atoms with van der Waals surface area (Å²) in [7, 11) is 0. The summed E-state index contributed by atoms with van der Waals surface area (Å²) < 4.78 is 4.81. The zero-order chi connectivity index (χ0) is 41.8. The van der Waals surface area contributed by atoms with E-state index < -0.39 is 0 Å². The number of carbonyl (C=O) groups excluding carboxylic acids is 3. The van der Waals surface area contributed by atoms with Gasteiger partial charge in [-0.3, -0.25) is 14.4 Å². The van der Waals surface area contributed by atoms with Crippen molar-refractivity contribution < 1.29 is 14.4 Å². The number of carbonyl (C=O) groups is 3. The normalized spacial score (nSPS) is 12.7. The first-order valence-electron chi connectivity index (χ1n) is 20.2. The van der Waals surface area contributed by atoms with Gasteiger partial charge in [0, 0.05) is 52.6 Å². The predicted octanol–water partition coefficient (Wildman–Crippen LogP) is 5.44.